The summed E-state index contributed by atoms with van der Waals surface area (Å²) in [6.07, 6.45) is -1.16. The number of terminal acetylenes is 1. The van der Waals surface area contributed by atoms with Crippen molar-refractivity contribution in [2.24, 2.45) is 5.16 Å². The van der Waals surface area contributed by atoms with Crippen molar-refractivity contribution >= 4 is 75.7 Å². The molecule has 3 atom stereocenters. The Morgan fingerprint density at radius 3 is 2.69 bits per heavy atom. The number of halogens is 4. The molecule has 0 aliphatic carbocycles. The topological polar surface area (TPSA) is 177 Å². The van der Waals surface area contributed by atoms with Crippen LogP contribution in [0.2, 0.25) is 4.34 Å². The normalized spacial score (nSPS) is 19.5. The van der Waals surface area contributed by atoms with Crippen LogP contribution in [0.1, 0.15) is 18.5 Å². The molecule has 1 aromatic rings. The highest BCUT2D eigenvalue weighted by Gasteiger charge is 2.56. The van der Waals surface area contributed by atoms with Crippen molar-refractivity contribution < 1.29 is 51.8 Å². The molecule has 3 heterocycles. The van der Waals surface area contributed by atoms with Crippen molar-refractivity contribution in [3.63, 3.8) is 0 Å². The molecular weight excluding hydrogens is 595 g/mol. The minimum Gasteiger partial charge on any atom is -0.477 e. The van der Waals surface area contributed by atoms with Crippen LogP contribution in [0.3, 0.4) is 0 Å². The van der Waals surface area contributed by atoms with Crippen LogP contribution >= 0.6 is 34.7 Å². The summed E-state index contributed by atoms with van der Waals surface area (Å²) in [6, 6.07) is 0. The Bertz CT molecular complexity index is 1330. The maximum atomic E-state index is 13.1. The molecule has 1 fully saturated rings. The molecule has 0 saturated carbocycles. The van der Waals surface area contributed by atoms with Crippen LogP contribution in [0.5, 0.6) is 0 Å². The van der Waals surface area contributed by atoms with E-state index in [-0.39, 0.29) is 28.0 Å². The lowest BCUT2D eigenvalue weighted by molar-refractivity contribution is -0.167. The number of alkyl halides is 3. The molecular formula is C20H15ClF3N5O8S2. The van der Waals surface area contributed by atoms with Crippen LogP contribution in [0, 0.1) is 12.3 Å². The van der Waals surface area contributed by atoms with Crippen LogP contribution in [0.25, 0.3) is 0 Å². The lowest BCUT2D eigenvalue weighted by atomic mass is 9.92. The maximum absolute atomic E-state index is 13.1. The molecule has 2 aliphatic heterocycles. The van der Waals surface area contributed by atoms with E-state index in [4.69, 9.17) is 22.8 Å². The van der Waals surface area contributed by atoms with Gasteiger partial charge < -0.3 is 20.0 Å². The standard InChI is InChI=1S/C20H15ClF3N5O8S2/c1-3-4-36-25-5-9(31)26-14(37-7(2)30)8-6-38-16-10(15(32)29(16)12(8)17(33)34)11-13(21)39-19(27-11)28-18(35)20(22,23)24/h1,5,10,14,16H,4,6H2,2H3,(H,26,31)(H,33,34)(H,27,28,35)/t10-,14?,16-/m1/s1. The first-order valence-electron chi connectivity index (χ1n) is 10.3. The van der Waals surface area contributed by atoms with Gasteiger partial charge in [0.1, 0.15) is 27.5 Å². The van der Waals surface area contributed by atoms with E-state index in [1.807, 2.05) is 0 Å². The number of amides is 3. The zero-order valence-corrected chi connectivity index (χ0v) is 21.7. The van der Waals surface area contributed by atoms with Gasteiger partial charge in [-0.25, -0.2) is 9.78 Å². The van der Waals surface area contributed by atoms with Crippen LogP contribution in [-0.2, 0) is 33.5 Å². The van der Waals surface area contributed by atoms with Gasteiger partial charge in [0.05, 0.1) is 5.69 Å². The van der Waals surface area contributed by atoms with E-state index in [1.54, 1.807) is 5.32 Å². The van der Waals surface area contributed by atoms with Crippen LogP contribution in [-0.4, -0.2) is 81.0 Å². The fourth-order valence-electron chi connectivity index (χ4n) is 3.37. The Hall–Kier alpha value is -3.82. The van der Waals surface area contributed by atoms with E-state index in [2.05, 4.69) is 26.2 Å². The maximum Gasteiger partial charge on any atom is 0.471 e. The first kappa shape index (κ1) is 29.7. The molecule has 0 aromatic carbocycles. The summed E-state index contributed by atoms with van der Waals surface area (Å²) in [6.45, 7) is 0.772. The minimum atomic E-state index is -5.19. The van der Waals surface area contributed by atoms with Crippen molar-refractivity contribution in [3.05, 3.63) is 21.3 Å². The summed E-state index contributed by atoms with van der Waals surface area (Å²) in [5, 5.41) is 15.5. The van der Waals surface area contributed by atoms with Crippen molar-refractivity contribution in [2.45, 2.75) is 30.6 Å². The molecule has 2 aliphatic rings. The average Bonchev–Trinajstić information content (AvgIpc) is 3.18. The Morgan fingerprint density at radius 1 is 1.41 bits per heavy atom. The van der Waals surface area contributed by atoms with Crippen molar-refractivity contribution in [1.29, 1.82) is 0 Å². The van der Waals surface area contributed by atoms with Gasteiger partial charge in [-0.3, -0.25) is 29.4 Å². The smallest absolute Gasteiger partial charge is 0.471 e. The zero-order chi connectivity index (χ0) is 29.1. The predicted molar refractivity (Wildman–Crippen MR) is 129 cm³/mol. The van der Waals surface area contributed by atoms with Crippen molar-refractivity contribution in [3.8, 4) is 12.3 Å². The summed E-state index contributed by atoms with van der Waals surface area (Å²) in [4.78, 5) is 69.6. The summed E-state index contributed by atoms with van der Waals surface area (Å²) in [5.41, 5.74) is -0.900. The van der Waals surface area contributed by atoms with E-state index in [0.29, 0.717) is 17.6 Å². The number of carbonyl (C=O) groups is 5. The number of fused-ring (bicyclic) bond motifs is 1. The van der Waals surface area contributed by atoms with Crippen molar-refractivity contribution in [2.75, 3.05) is 17.7 Å². The van der Waals surface area contributed by atoms with Gasteiger partial charge in [-0.2, -0.15) is 13.2 Å². The van der Waals surface area contributed by atoms with Gasteiger partial charge in [0.15, 0.2) is 11.7 Å². The summed E-state index contributed by atoms with van der Waals surface area (Å²) >= 11 is 7.56. The molecule has 208 valence electrons. The number of esters is 1. The number of anilines is 1. The first-order chi connectivity index (χ1) is 18.3. The highest BCUT2D eigenvalue weighted by atomic mass is 35.5. The average molecular weight is 610 g/mol. The second kappa shape index (κ2) is 11.9. The van der Waals surface area contributed by atoms with Gasteiger partial charge in [0.25, 0.3) is 5.91 Å². The zero-order valence-electron chi connectivity index (χ0n) is 19.3. The molecule has 39 heavy (non-hydrogen) atoms. The fraction of sp³-hybridized carbons (Fsp3) is 0.350. The third kappa shape index (κ3) is 6.61. The van der Waals surface area contributed by atoms with Gasteiger partial charge in [-0.05, 0) is 0 Å². The third-order valence-corrected chi connectivity index (χ3v) is 7.35. The highest BCUT2D eigenvalue weighted by Crippen LogP contribution is 2.51. The number of carboxylic acid groups (broad SMARTS) is 1. The van der Waals surface area contributed by atoms with Gasteiger partial charge in [-0.15, -0.1) is 18.2 Å². The molecule has 19 heteroatoms. The summed E-state index contributed by atoms with van der Waals surface area (Å²) in [7, 11) is 0. The molecule has 3 rings (SSSR count). The Kier molecular flexibility index (Phi) is 9.09. The third-order valence-electron chi connectivity index (χ3n) is 4.85. The second-order valence-corrected chi connectivity index (χ2v) is 10.1. The lowest BCUT2D eigenvalue weighted by Crippen LogP contribution is -2.61. The van der Waals surface area contributed by atoms with Gasteiger partial charge in [0, 0.05) is 18.2 Å². The SMILES string of the molecule is C#CCON=CC(=O)NC(OC(C)=O)C1=C(C(=O)O)N2C(=O)[C@@H](c3nc(NC(=O)C(F)(F)F)sc3Cl)[C@H]2SC1. The number of ether oxygens (including phenoxy) is 1. The number of β-lactam (4-membered cyclic amide) rings is 1. The number of aromatic nitrogens is 1. The van der Waals surface area contributed by atoms with E-state index in [0.717, 1.165) is 23.6 Å². The number of hydrogen-bond acceptors (Lipinski definition) is 11. The summed E-state index contributed by atoms with van der Waals surface area (Å²) < 4.78 is 42.6. The lowest BCUT2D eigenvalue weighted by Gasteiger charge is -2.49. The van der Waals surface area contributed by atoms with Gasteiger partial charge in [-0.1, -0.05) is 34.0 Å². The number of hydrogen-bond donors (Lipinski definition) is 3. The molecule has 1 aromatic heterocycles. The molecule has 0 radical (unpaired) electrons. The molecule has 0 bridgehead atoms. The van der Waals surface area contributed by atoms with Gasteiger partial charge in [0.2, 0.25) is 12.1 Å². The number of oxime groups is 1. The molecule has 13 nitrogen and oxygen atoms in total. The molecule has 1 saturated heterocycles. The summed E-state index contributed by atoms with van der Waals surface area (Å²) in [5.74, 6) is -5.78. The predicted octanol–water partition coefficient (Wildman–Crippen LogP) is 1.28. The Balaban J connectivity index is 1.88. The quantitative estimate of drug-likeness (QED) is 0.0703. The number of rotatable bonds is 9. The first-order valence-corrected chi connectivity index (χ1v) is 12.5. The Labute approximate surface area is 229 Å². The van der Waals surface area contributed by atoms with E-state index < -0.39 is 64.2 Å². The number of thioether (sulfide) groups is 1. The van der Waals surface area contributed by atoms with Crippen LogP contribution in [0.15, 0.2) is 16.4 Å². The fourth-order valence-corrected chi connectivity index (χ4v) is 5.92. The minimum absolute atomic E-state index is 0.153. The van der Waals surface area contributed by atoms with Crippen molar-refractivity contribution in [1.82, 2.24) is 15.2 Å². The molecule has 1 unspecified atom stereocenters. The number of aliphatic carboxylic acids is 1. The number of nitrogens with zero attached hydrogens (tertiary/aromatic N) is 3. The molecule has 3 N–H and O–H groups in total. The van der Waals surface area contributed by atoms with Gasteiger partial charge >= 0.3 is 24.0 Å². The van der Waals surface area contributed by atoms with Crippen LogP contribution < -0.4 is 10.6 Å². The highest BCUT2D eigenvalue weighted by molar-refractivity contribution is 8.00. The van der Waals surface area contributed by atoms with E-state index in [1.165, 1.54) is 0 Å². The van der Waals surface area contributed by atoms with E-state index >= 15 is 0 Å². The number of carbonyl (C=O) groups excluding carboxylic acids is 4. The molecule has 0 spiro atoms. The van der Waals surface area contributed by atoms with E-state index in [9.17, 15) is 42.3 Å². The second-order valence-electron chi connectivity index (χ2n) is 7.41. The van der Waals surface area contributed by atoms with Crippen LogP contribution in [0.4, 0.5) is 18.3 Å². The number of thiazole rings is 1. The Morgan fingerprint density at radius 2 is 2.10 bits per heavy atom. The largest absolute Gasteiger partial charge is 0.477 e. The number of carboxylic acids is 1. The molecule has 3 amide bonds. The monoisotopic (exact) mass is 609 g/mol. The number of nitrogens with one attached hydrogen (secondary N) is 2.